The van der Waals surface area contributed by atoms with Crippen molar-refractivity contribution in [1.29, 1.82) is 0 Å². The minimum atomic E-state index is -0.260. The molecule has 1 aromatic carbocycles. The van der Waals surface area contributed by atoms with Crippen molar-refractivity contribution in [3.05, 3.63) is 72.8 Å². The van der Waals surface area contributed by atoms with Crippen molar-refractivity contribution in [2.24, 2.45) is 0 Å². The monoisotopic (exact) mass is 318 g/mol. The highest BCUT2D eigenvalue weighted by molar-refractivity contribution is 5.92. The first kappa shape index (κ1) is 14.4. The lowest BCUT2D eigenvalue weighted by molar-refractivity contribution is 0.628. The maximum Gasteiger partial charge on any atom is 0.127 e. The molecule has 0 saturated heterocycles. The summed E-state index contributed by atoms with van der Waals surface area (Å²) in [5.74, 6) is 0.625. The molecule has 0 bridgehead atoms. The van der Waals surface area contributed by atoms with Crippen molar-refractivity contribution in [2.45, 2.75) is 0 Å². The Labute approximate surface area is 138 Å². The van der Waals surface area contributed by atoms with Gasteiger partial charge < -0.3 is 5.32 Å². The van der Waals surface area contributed by atoms with Gasteiger partial charge in [-0.1, -0.05) is 6.07 Å². The molecule has 4 rings (SSSR count). The second-order valence-electron chi connectivity index (χ2n) is 5.42. The van der Waals surface area contributed by atoms with Crippen LogP contribution in [0.15, 0.2) is 67.0 Å². The average molecular weight is 318 g/mol. The van der Waals surface area contributed by atoms with Crippen LogP contribution in [0.3, 0.4) is 0 Å². The lowest BCUT2D eigenvalue weighted by Crippen LogP contribution is -1.98. The largest absolute Gasteiger partial charge is 0.373 e. The fourth-order valence-corrected chi connectivity index (χ4v) is 2.87. The van der Waals surface area contributed by atoms with Gasteiger partial charge in [-0.25, -0.2) is 8.91 Å². The quantitative estimate of drug-likeness (QED) is 0.614. The molecule has 0 amide bonds. The summed E-state index contributed by atoms with van der Waals surface area (Å²) < 4.78 is 15.2. The van der Waals surface area contributed by atoms with Gasteiger partial charge in [0.05, 0.1) is 5.52 Å². The molecule has 3 heterocycles. The zero-order chi connectivity index (χ0) is 16.5. The summed E-state index contributed by atoms with van der Waals surface area (Å²) in [6.07, 6.45) is 3.52. The van der Waals surface area contributed by atoms with E-state index in [9.17, 15) is 4.39 Å². The fraction of sp³-hybridized carbons (Fsp3) is 0.0526. The first-order chi connectivity index (χ1) is 11.8. The Balaban J connectivity index is 2.06. The fourth-order valence-electron chi connectivity index (χ4n) is 2.87. The molecule has 0 spiro atoms. The molecule has 118 valence electrons. The second-order valence-corrected chi connectivity index (χ2v) is 5.42. The Kier molecular flexibility index (Phi) is 3.46. The zero-order valence-electron chi connectivity index (χ0n) is 13.1. The van der Waals surface area contributed by atoms with E-state index in [1.807, 2.05) is 41.9 Å². The number of rotatable bonds is 3. The summed E-state index contributed by atoms with van der Waals surface area (Å²) in [6, 6.07) is 16.3. The molecule has 0 fully saturated rings. The van der Waals surface area contributed by atoms with Gasteiger partial charge in [0.25, 0.3) is 0 Å². The number of aromatic nitrogens is 3. The molecule has 4 aromatic rings. The van der Waals surface area contributed by atoms with E-state index in [1.165, 1.54) is 12.1 Å². The number of hydrogen-bond acceptors (Lipinski definition) is 3. The SMILES string of the molecule is CNc1cccc2c(-c3ccncc3)c(-c3ccc(F)cc3)nn12. The van der Waals surface area contributed by atoms with Crippen LogP contribution in [0, 0.1) is 5.82 Å². The minimum Gasteiger partial charge on any atom is -0.373 e. The van der Waals surface area contributed by atoms with E-state index in [4.69, 9.17) is 5.10 Å². The van der Waals surface area contributed by atoms with Crippen LogP contribution in [0.1, 0.15) is 0 Å². The Hall–Kier alpha value is -3.21. The molecule has 0 aliphatic rings. The van der Waals surface area contributed by atoms with Crippen LogP contribution in [0.4, 0.5) is 10.2 Å². The summed E-state index contributed by atoms with van der Waals surface area (Å²) in [7, 11) is 1.86. The maximum absolute atomic E-state index is 13.3. The Morgan fingerprint density at radius 1 is 0.917 bits per heavy atom. The van der Waals surface area contributed by atoms with Crippen LogP contribution < -0.4 is 5.32 Å². The second kappa shape index (κ2) is 5.77. The van der Waals surface area contributed by atoms with E-state index in [0.29, 0.717) is 0 Å². The van der Waals surface area contributed by atoms with Gasteiger partial charge in [-0.05, 0) is 54.1 Å². The molecular formula is C19H15FN4. The summed E-state index contributed by atoms with van der Waals surface area (Å²) >= 11 is 0. The maximum atomic E-state index is 13.3. The van der Waals surface area contributed by atoms with Gasteiger partial charge >= 0.3 is 0 Å². The van der Waals surface area contributed by atoms with Gasteiger partial charge in [0.1, 0.15) is 17.3 Å². The number of benzene rings is 1. The van der Waals surface area contributed by atoms with Crippen LogP contribution in [0.2, 0.25) is 0 Å². The highest BCUT2D eigenvalue weighted by Crippen LogP contribution is 2.35. The number of hydrogen-bond donors (Lipinski definition) is 1. The zero-order valence-corrected chi connectivity index (χ0v) is 13.1. The van der Waals surface area contributed by atoms with E-state index < -0.39 is 0 Å². The summed E-state index contributed by atoms with van der Waals surface area (Å²) in [5.41, 5.74) is 4.68. The summed E-state index contributed by atoms with van der Waals surface area (Å²) in [6.45, 7) is 0. The highest BCUT2D eigenvalue weighted by Gasteiger charge is 2.17. The third kappa shape index (κ3) is 2.31. The average Bonchev–Trinajstić information content (AvgIpc) is 3.02. The van der Waals surface area contributed by atoms with Crippen LogP contribution in [-0.2, 0) is 0 Å². The molecule has 0 unspecified atom stereocenters. The Morgan fingerprint density at radius 2 is 1.67 bits per heavy atom. The number of nitrogens with one attached hydrogen (secondary N) is 1. The van der Waals surface area contributed by atoms with Gasteiger partial charge in [0, 0.05) is 30.6 Å². The number of nitrogens with zero attached hydrogens (tertiary/aromatic N) is 3. The third-order valence-corrected chi connectivity index (χ3v) is 4.00. The van der Waals surface area contributed by atoms with E-state index in [-0.39, 0.29) is 5.82 Å². The smallest absolute Gasteiger partial charge is 0.127 e. The first-order valence-electron chi connectivity index (χ1n) is 7.64. The Bertz CT molecular complexity index is 991. The lowest BCUT2D eigenvalue weighted by Gasteiger charge is -2.04. The van der Waals surface area contributed by atoms with Gasteiger partial charge in [0.15, 0.2) is 0 Å². The van der Waals surface area contributed by atoms with Crippen molar-refractivity contribution in [2.75, 3.05) is 12.4 Å². The van der Waals surface area contributed by atoms with Gasteiger partial charge in [-0.3, -0.25) is 4.98 Å². The lowest BCUT2D eigenvalue weighted by atomic mass is 10.0. The number of pyridine rings is 2. The van der Waals surface area contributed by atoms with Crippen molar-refractivity contribution in [3.63, 3.8) is 0 Å². The molecular weight excluding hydrogens is 303 g/mol. The van der Waals surface area contributed by atoms with Crippen molar-refractivity contribution in [3.8, 4) is 22.4 Å². The Morgan fingerprint density at radius 3 is 2.38 bits per heavy atom. The molecule has 0 aliphatic carbocycles. The molecule has 0 atom stereocenters. The van der Waals surface area contributed by atoms with Gasteiger partial charge in [0.2, 0.25) is 0 Å². The van der Waals surface area contributed by atoms with Gasteiger partial charge in [-0.15, -0.1) is 0 Å². The van der Waals surface area contributed by atoms with Gasteiger partial charge in [-0.2, -0.15) is 5.10 Å². The summed E-state index contributed by atoms with van der Waals surface area (Å²) in [5, 5.41) is 7.92. The molecule has 0 aliphatic heterocycles. The molecule has 4 nitrogen and oxygen atoms in total. The number of halogens is 1. The summed E-state index contributed by atoms with van der Waals surface area (Å²) in [4.78, 5) is 4.09. The minimum absolute atomic E-state index is 0.260. The van der Waals surface area contributed by atoms with Crippen LogP contribution in [0.25, 0.3) is 27.9 Å². The first-order valence-corrected chi connectivity index (χ1v) is 7.64. The van der Waals surface area contributed by atoms with E-state index in [1.54, 1.807) is 24.5 Å². The van der Waals surface area contributed by atoms with E-state index in [0.717, 1.165) is 33.7 Å². The molecule has 24 heavy (non-hydrogen) atoms. The number of anilines is 1. The van der Waals surface area contributed by atoms with Crippen molar-refractivity contribution in [1.82, 2.24) is 14.6 Å². The highest BCUT2D eigenvalue weighted by atomic mass is 19.1. The molecule has 0 radical (unpaired) electrons. The molecule has 5 heteroatoms. The van der Waals surface area contributed by atoms with Crippen LogP contribution in [-0.4, -0.2) is 21.6 Å². The molecule has 0 saturated carbocycles. The van der Waals surface area contributed by atoms with Crippen LogP contribution >= 0.6 is 0 Å². The van der Waals surface area contributed by atoms with Crippen molar-refractivity contribution < 1.29 is 4.39 Å². The number of fused-ring (bicyclic) bond motifs is 1. The molecule has 3 aromatic heterocycles. The predicted octanol–water partition coefficient (Wildman–Crippen LogP) is 4.24. The standard InChI is InChI=1S/C19H15FN4/c1-21-17-4-2-3-16-18(13-9-11-22-12-10-13)19(23-24(16)17)14-5-7-15(20)8-6-14/h2-12,21H,1H3. The molecule has 1 N–H and O–H groups in total. The van der Waals surface area contributed by atoms with E-state index >= 15 is 0 Å². The van der Waals surface area contributed by atoms with Crippen LogP contribution in [0.5, 0.6) is 0 Å². The van der Waals surface area contributed by atoms with Crippen molar-refractivity contribution >= 4 is 11.3 Å². The third-order valence-electron chi connectivity index (χ3n) is 4.00. The predicted molar refractivity (Wildman–Crippen MR) is 93.4 cm³/mol. The normalized spacial score (nSPS) is 10.9. The van der Waals surface area contributed by atoms with E-state index in [2.05, 4.69) is 10.3 Å². The topological polar surface area (TPSA) is 42.2 Å².